The molecule has 0 aliphatic rings. The van der Waals surface area contributed by atoms with Crippen LogP contribution in [0.2, 0.25) is 0 Å². The zero-order valence-electron chi connectivity index (χ0n) is 12.7. The van der Waals surface area contributed by atoms with Crippen LogP contribution in [0.3, 0.4) is 0 Å². The Kier molecular flexibility index (Phi) is 6.62. The third-order valence-corrected chi connectivity index (χ3v) is 4.51. The third kappa shape index (κ3) is 5.34. The van der Waals surface area contributed by atoms with Gasteiger partial charge in [0.2, 0.25) is 0 Å². The Bertz CT molecular complexity index is 655. The number of nitrogens with one attached hydrogen (secondary N) is 1. The lowest BCUT2D eigenvalue weighted by Crippen LogP contribution is -2.20. The minimum atomic E-state index is -0.508. The van der Waals surface area contributed by atoms with E-state index in [9.17, 15) is 4.79 Å². The summed E-state index contributed by atoms with van der Waals surface area (Å²) in [4.78, 5) is 10.8. The number of benzene rings is 2. The summed E-state index contributed by atoms with van der Waals surface area (Å²) in [6.45, 7) is 2.69. The van der Waals surface area contributed by atoms with Gasteiger partial charge in [0, 0.05) is 12.6 Å². The smallest absolute Gasteiger partial charge is 0.255 e. The van der Waals surface area contributed by atoms with Gasteiger partial charge in [0.15, 0.2) is 6.61 Å². The molecule has 2 aromatic rings. The van der Waals surface area contributed by atoms with E-state index in [2.05, 4.69) is 56.2 Å². The summed E-state index contributed by atoms with van der Waals surface area (Å²) in [5.41, 5.74) is 7.44. The number of hydrogen-bond donors (Lipinski definition) is 2. The number of rotatable bonds is 7. The van der Waals surface area contributed by atoms with Crippen molar-refractivity contribution in [1.29, 1.82) is 0 Å². The van der Waals surface area contributed by atoms with E-state index in [0.29, 0.717) is 12.3 Å². The number of ether oxygens (including phenoxy) is 1. The molecule has 0 bridgehead atoms. The highest BCUT2D eigenvalue weighted by atomic mass is 79.9. The fraction of sp³-hybridized carbons (Fsp3) is 0.235. The fourth-order valence-corrected chi connectivity index (χ4v) is 3.64. The van der Waals surface area contributed by atoms with Crippen molar-refractivity contribution in [2.45, 2.75) is 19.5 Å². The summed E-state index contributed by atoms with van der Waals surface area (Å²) >= 11 is 6.93. The molecule has 4 nitrogen and oxygen atoms in total. The Morgan fingerprint density at radius 3 is 2.39 bits per heavy atom. The van der Waals surface area contributed by atoms with Crippen LogP contribution in [0.4, 0.5) is 0 Å². The molecule has 0 aliphatic heterocycles. The standard InChI is InChI=1S/C17H18Br2N2O2/c1-11(13-5-3-2-4-6-13)21-9-12-7-14(18)17(15(19)8-12)23-10-16(20)22/h2-8,11,21H,9-10H2,1H3,(H2,20,22). The van der Waals surface area contributed by atoms with Gasteiger partial charge in [-0.3, -0.25) is 4.79 Å². The van der Waals surface area contributed by atoms with E-state index >= 15 is 0 Å². The summed E-state index contributed by atoms with van der Waals surface area (Å²) in [6, 6.07) is 14.5. The first kappa shape index (κ1) is 18.0. The third-order valence-electron chi connectivity index (χ3n) is 3.33. The van der Waals surface area contributed by atoms with Gasteiger partial charge in [0.25, 0.3) is 5.91 Å². The molecule has 0 saturated heterocycles. The average molecular weight is 442 g/mol. The molecule has 3 N–H and O–H groups in total. The molecular formula is C17H18Br2N2O2. The number of halogens is 2. The van der Waals surface area contributed by atoms with Crippen molar-refractivity contribution in [3.8, 4) is 5.75 Å². The van der Waals surface area contributed by atoms with Crippen LogP contribution in [0.1, 0.15) is 24.1 Å². The fourth-order valence-electron chi connectivity index (χ4n) is 2.13. The molecule has 1 unspecified atom stereocenters. The summed E-state index contributed by atoms with van der Waals surface area (Å²) in [5, 5.41) is 3.48. The van der Waals surface area contributed by atoms with Crippen LogP contribution < -0.4 is 15.8 Å². The molecule has 122 valence electrons. The highest BCUT2D eigenvalue weighted by Gasteiger charge is 2.11. The lowest BCUT2D eigenvalue weighted by molar-refractivity contribution is -0.119. The zero-order valence-corrected chi connectivity index (χ0v) is 15.9. The number of primary amides is 1. The van der Waals surface area contributed by atoms with Crippen molar-refractivity contribution in [3.63, 3.8) is 0 Å². The van der Waals surface area contributed by atoms with Gasteiger partial charge in [-0.05, 0) is 62.0 Å². The quantitative estimate of drug-likeness (QED) is 0.684. The first-order valence-corrected chi connectivity index (χ1v) is 8.73. The predicted octanol–water partition coefficient (Wildman–Crippen LogP) is 3.93. The summed E-state index contributed by atoms with van der Waals surface area (Å²) in [5.74, 6) is 0.0647. The number of amides is 1. The number of carbonyl (C=O) groups excluding carboxylic acids is 1. The molecule has 0 fully saturated rings. The maximum atomic E-state index is 10.8. The molecular weight excluding hydrogens is 424 g/mol. The maximum absolute atomic E-state index is 10.8. The van der Waals surface area contributed by atoms with Crippen LogP contribution in [-0.2, 0) is 11.3 Å². The zero-order chi connectivity index (χ0) is 16.8. The van der Waals surface area contributed by atoms with Crippen LogP contribution in [0.25, 0.3) is 0 Å². The van der Waals surface area contributed by atoms with Gasteiger partial charge in [-0.25, -0.2) is 0 Å². The van der Waals surface area contributed by atoms with E-state index in [1.807, 2.05) is 30.3 Å². The van der Waals surface area contributed by atoms with Gasteiger partial charge in [0.05, 0.1) is 8.95 Å². The Hall–Kier alpha value is -1.37. The molecule has 0 saturated carbocycles. The van der Waals surface area contributed by atoms with E-state index < -0.39 is 5.91 Å². The molecule has 0 radical (unpaired) electrons. The normalized spacial score (nSPS) is 12.0. The van der Waals surface area contributed by atoms with Crippen molar-refractivity contribution in [1.82, 2.24) is 5.32 Å². The number of hydrogen-bond acceptors (Lipinski definition) is 3. The van der Waals surface area contributed by atoms with Crippen molar-refractivity contribution in [3.05, 3.63) is 62.5 Å². The SMILES string of the molecule is CC(NCc1cc(Br)c(OCC(N)=O)c(Br)c1)c1ccccc1. The van der Waals surface area contributed by atoms with Crippen molar-refractivity contribution in [2.24, 2.45) is 5.73 Å². The van der Waals surface area contributed by atoms with E-state index in [1.165, 1.54) is 5.56 Å². The first-order chi connectivity index (χ1) is 11.0. The molecule has 0 spiro atoms. The molecule has 0 aromatic heterocycles. The highest BCUT2D eigenvalue weighted by Crippen LogP contribution is 2.34. The van der Waals surface area contributed by atoms with E-state index in [4.69, 9.17) is 10.5 Å². The molecule has 0 heterocycles. The molecule has 2 rings (SSSR count). The second-order valence-corrected chi connectivity index (χ2v) is 6.87. The largest absolute Gasteiger partial charge is 0.481 e. The van der Waals surface area contributed by atoms with Gasteiger partial charge in [0.1, 0.15) is 5.75 Å². The van der Waals surface area contributed by atoms with Crippen LogP contribution in [0.15, 0.2) is 51.4 Å². The Labute approximate surface area is 152 Å². The molecule has 0 aliphatic carbocycles. The highest BCUT2D eigenvalue weighted by molar-refractivity contribution is 9.11. The maximum Gasteiger partial charge on any atom is 0.255 e. The molecule has 1 amide bonds. The minimum absolute atomic E-state index is 0.153. The minimum Gasteiger partial charge on any atom is -0.481 e. The van der Waals surface area contributed by atoms with Crippen LogP contribution in [0.5, 0.6) is 5.75 Å². The summed E-state index contributed by atoms with van der Waals surface area (Å²) in [7, 11) is 0. The second kappa shape index (κ2) is 8.47. The van der Waals surface area contributed by atoms with Gasteiger partial charge < -0.3 is 15.8 Å². The average Bonchev–Trinajstić information content (AvgIpc) is 2.52. The van der Waals surface area contributed by atoms with Crippen LogP contribution >= 0.6 is 31.9 Å². The first-order valence-electron chi connectivity index (χ1n) is 7.14. The van der Waals surface area contributed by atoms with E-state index in [0.717, 1.165) is 14.5 Å². The number of nitrogens with two attached hydrogens (primary N) is 1. The van der Waals surface area contributed by atoms with Crippen molar-refractivity contribution >= 4 is 37.8 Å². The van der Waals surface area contributed by atoms with E-state index in [1.54, 1.807) is 0 Å². The monoisotopic (exact) mass is 440 g/mol. The van der Waals surface area contributed by atoms with Crippen molar-refractivity contribution in [2.75, 3.05) is 6.61 Å². The lowest BCUT2D eigenvalue weighted by Gasteiger charge is -2.16. The topological polar surface area (TPSA) is 64.3 Å². The lowest BCUT2D eigenvalue weighted by atomic mass is 10.1. The van der Waals surface area contributed by atoms with Crippen molar-refractivity contribution < 1.29 is 9.53 Å². The molecule has 2 aromatic carbocycles. The van der Waals surface area contributed by atoms with Crippen LogP contribution in [0, 0.1) is 0 Å². The summed E-state index contributed by atoms with van der Waals surface area (Å²) < 4.78 is 6.94. The van der Waals surface area contributed by atoms with Gasteiger partial charge in [-0.1, -0.05) is 30.3 Å². The van der Waals surface area contributed by atoms with Gasteiger partial charge in [-0.2, -0.15) is 0 Å². The Morgan fingerprint density at radius 2 is 1.83 bits per heavy atom. The van der Waals surface area contributed by atoms with Gasteiger partial charge in [-0.15, -0.1) is 0 Å². The van der Waals surface area contributed by atoms with E-state index in [-0.39, 0.29) is 12.6 Å². The van der Waals surface area contributed by atoms with Crippen LogP contribution in [-0.4, -0.2) is 12.5 Å². The second-order valence-electron chi connectivity index (χ2n) is 5.16. The summed E-state index contributed by atoms with van der Waals surface area (Å²) in [6.07, 6.45) is 0. The van der Waals surface area contributed by atoms with Gasteiger partial charge >= 0.3 is 0 Å². The molecule has 6 heteroatoms. The molecule has 23 heavy (non-hydrogen) atoms. The number of carbonyl (C=O) groups is 1. The predicted molar refractivity (Wildman–Crippen MR) is 98.2 cm³/mol. The molecule has 1 atom stereocenters. The Morgan fingerprint density at radius 1 is 1.22 bits per heavy atom. The Balaban J connectivity index is 2.02.